The summed E-state index contributed by atoms with van der Waals surface area (Å²) in [4.78, 5) is 16.7. The molecule has 1 heterocycles. The molecule has 0 aliphatic rings. The van der Waals surface area contributed by atoms with Crippen LogP contribution in [0.15, 0.2) is 72.8 Å². The normalized spacial score (nSPS) is 10.9. The van der Waals surface area contributed by atoms with Crippen molar-refractivity contribution in [1.82, 2.24) is 9.55 Å². The molecule has 0 bridgehead atoms. The molecule has 4 nitrogen and oxygen atoms in total. The van der Waals surface area contributed by atoms with E-state index in [1.165, 1.54) is 12.7 Å². The van der Waals surface area contributed by atoms with Gasteiger partial charge in [0.15, 0.2) is 0 Å². The van der Waals surface area contributed by atoms with Gasteiger partial charge >= 0.3 is 5.97 Å². The zero-order valence-corrected chi connectivity index (χ0v) is 15.5. The number of benzene rings is 3. The summed E-state index contributed by atoms with van der Waals surface area (Å²) in [5.41, 5.74) is 4.32. The highest BCUT2D eigenvalue weighted by atomic mass is 35.5. The first-order valence-corrected chi connectivity index (χ1v) is 8.92. The highest BCUT2D eigenvalue weighted by Gasteiger charge is 2.15. The van der Waals surface area contributed by atoms with Crippen molar-refractivity contribution in [3.8, 4) is 11.4 Å². The number of carbonyl (C=O) groups excluding carboxylic acids is 1. The lowest BCUT2D eigenvalue weighted by atomic mass is 10.2. The zero-order chi connectivity index (χ0) is 18.8. The summed E-state index contributed by atoms with van der Waals surface area (Å²) in [5.74, 6) is 0.454. The van der Waals surface area contributed by atoms with Crippen molar-refractivity contribution in [3.63, 3.8) is 0 Å². The van der Waals surface area contributed by atoms with E-state index < -0.39 is 0 Å². The van der Waals surface area contributed by atoms with Crippen LogP contribution >= 0.6 is 11.6 Å². The van der Waals surface area contributed by atoms with Gasteiger partial charge in [0.1, 0.15) is 5.82 Å². The maximum atomic E-state index is 11.9. The average Bonchev–Trinajstić information content (AvgIpc) is 3.06. The quantitative estimate of drug-likeness (QED) is 0.460. The van der Waals surface area contributed by atoms with Crippen molar-refractivity contribution in [2.75, 3.05) is 7.11 Å². The van der Waals surface area contributed by atoms with Gasteiger partial charge in [-0.25, -0.2) is 9.78 Å². The van der Waals surface area contributed by atoms with Crippen LogP contribution in [0.5, 0.6) is 0 Å². The summed E-state index contributed by atoms with van der Waals surface area (Å²) in [5, 5.41) is 0.678. The summed E-state index contributed by atoms with van der Waals surface area (Å²) in [6.45, 7) is 0.673. The molecular weight excluding hydrogens is 360 g/mol. The standard InChI is InChI=1S/C22H17ClN2O2/c1-27-22(26)17-9-12-20-19(13-17)24-21(16-7-10-18(23)11-8-16)25(20)14-15-5-3-2-4-6-15/h2-13H,14H2,1H3. The van der Waals surface area contributed by atoms with Crippen LogP contribution in [-0.4, -0.2) is 22.6 Å². The minimum atomic E-state index is -0.373. The van der Waals surface area contributed by atoms with E-state index in [4.69, 9.17) is 21.3 Å². The average molecular weight is 377 g/mol. The summed E-state index contributed by atoms with van der Waals surface area (Å²) in [7, 11) is 1.37. The molecule has 0 N–H and O–H groups in total. The molecule has 0 saturated carbocycles. The van der Waals surface area contributed by atoms with Crippen molar-refractivity contribution >= 4 is 28.6 Å². The highest BCUT2D eigenvalue weighted by molar-refractivity contribution is 6.30. The second kappa shape index (κ2) is 7.25. The van der Waals surface area contributed by atoms with E-state index in [0.29, 0.717) is 17.1 Å². The van der Waals surface area contributed by atoms with Gasteiger partial charge < -0.3 is 9.30 Å². The fourth-order valence-corrected chi connectivity index (χ4v) is 3.25. The molecule has 0 amide bonds. The second-order valence-corrected chi connectivity index (χ2v) is 6.65. The third-order valence-corrected chi connectivity index (χ3v) is 4.71. The van der Waals surface area contributed by atoms with Gasteiger partial charge in [-0.05, 0) is 48.0 Å². The van der Waals surface area contributed by atoms with E-state index in [0.717, 1.165) is 22.4 Å². The molecule has 134 valence electrons. The second-order valence-electron chi connectivity index (χ2n) is 6.21. The summed E-state index contributed by atoms with van der Waals surface area (Å²) >= 11 is 6.04. The Bertz CT molecular complexity index is 1100. The summed E-state index contributed by atoms with van der Waals surface area (Å²) < 4.78 is 6.98. The molecule has 0 fully saturated rings. The lowest BCUT2D eigenvalue weighted by molar-refractivity contribution is 0.0601. The summed E-state index contributed by atoms with van der Waals surface area (Å²) in [6.07, 6.45) is 0. The number of rotatable bonds is 4. The molecule has 4 aromatic rings. The Kier molecular flexibility index (Phi) is 4.65. The Balaban J connectivity index is 1.89. The number of methoxy groups -OCH3 is 1. The van der Waals surface area contributed by atoms with Gasteiger partial charge in [-0.3, -0.25) is 0 Å². The molecule has 27 heavy (non-hydrogen) atoms. The number of imidazole rings is 1. The first-order chi connectivity index (χ1) is 13.2. The number of hydrogen-bond acceptors (Lipinski definition) is 3. The molecule has 4 rings (SSSR count). The first-order valence-electron chi connectivity index (χ1n) is 8.54. The minimum absolute atomic E-state index is 0.373. The summed E-state index contributed by atoms with van der Waals surface area (Å²) in [6, 6.07) is 23.3. The SMILES string of the molecule is COC(=O)c1ccc2c(c1)nc(-c1ccc(Cl)cc1)n2Cc1ccccc1. The zero-order valence-electron chi connectivity index (χ0n) is 14.7. The molecule has 0 radical (unpaired) electrons. The van der Waals surface area contributed by atoms with E-state index in [1.807, 2.05) is 48.5 Å². The fourth-order valence-electron chi connectivity index (χ4n) is 3.12. The van der Waals surface area contributed by atoms with Crippen LogP contribution in [0.25, 0.3) is 22.4 Å². The Labute approximate surface area is 162 Å². The number of nitrogens with zero attached hydrogens (tertiary/aromatic N) is 2. The number of halogens is 1. The molecule has 0 atom stereocenters. The third-order valence-electron chi connectivity index (χ3n) is 4.46. The smallest absolute Gasteiger partial charge is 0.337 e. The predicted molar refractivity (Wildman–Crippen MR) is 107 cm³/mol. The Morgan fingerprint density at radius 3 is 2.48 bits per heavy atom. The Morgan fingerprint density at radius 1 is 1.04 bits per heavy atom. The van der Waals surface area contributed by atoms with E-state index >= 15 is 0 Å². The van der Waals surface area contributed by atoms with Crippen molar-refractivity contribution in [2.45, 2.75) is 6.54 Å². The van der Waals surface area contributed by atoms with Gasteiger partial charge in [0, 0.05) is 17.1 Å². The van der Waals surface area contributed by atoms with E-state index in [2.05, 4.69) is 16.7 Å². The van der Waals surface area contributed by atoms with Crippen LogP contribution in [-0.2, 0) is 11.3 Å². The number of ether oxygens (including phenoxy) is 1. The fraction of sp³-hybridized carbons (Fsp3) is 0.0909. The van der Waals surface area contributed by atoms with Gasteiger partial charge in [0.2, 0.25) is 0 Å². The third kappa shape index (κ3) is 3.44. The van der Waals surface area contributed by atoms with Gasteiger partial charge in [0.25, 0.3) is 0 Å². The van der Waals surface area contributed by atoms with Crippen LogP contribution in [0.4, 0.5) is 0 Å². The molecule has 0 unspecified atom stereocenters. The van der Waals surface area contributed by atoms with Crippen molar-refractivity contribution in [3.05, 3.63) is 88.9 Å². The molecule has 3 aromatic carbocycles. The van der Waals surface area contributed by atoms with Gasteiger partial charge in [-0.1, -0.05) is 41.9 Å². The first kappa shape index (κ1) is 17.3. The van der Waals surface area contributed by atoms with Crippen molar-refractivity contribution < 1.29 is 9.53 Å². The van der Waals surface area contributed by atoms with Gasteiger partial charge in [0.05, 0.1) is 23.7 Å². The highest BCUT2D eigenvalue weighted by Crippen LogP contribution is 2.28. The Morgan fingerprint density at radius 2 is 1.78 bits per heavy atom. The number of fused-ring (bicyclic) bond motifs is 1. The lowest BCUT2D eigenvalue weighted by Gasteiger charge is -2.10. The van der Waals surface area contributed by atoms with E-state index in [1.54, 1.807) is 12.1 Å². The van der Waals surface area contributed by atoms with Gasteiger partial charge in [-0.2, -0.15) is 0 Å². The van der Waals surface area contributed by atoms with Crippen LogP contribution in [0.1, 0.15) is 15.9 Å². The molecule has 0 aliphatic carbocycles. The van der Waals surface area contributed by atoms with Crippen LogP contribution < -0.4 is 0 Å². The lowest BCUT2D eigenvalue weighted by Crippen LogP contribution is -2.03. The van der Waals surface area contributed by atoms with Crippen LogP contribution in [0.3, 0.4) is 0 Å². The maximum absolute atomic E-state index is 11.9. The van der Waals surface area contributed by atoms with Crippen LogP contribution in [0.2, 0.25) is 5.02 Å². The molecule has 0 spiro atoms. The number of esters is 1. The van der Waals surface area contributed by atoms with Crippen LogP contribution in [0, 0.1) is 0 Å². The molecular formula is C22H17ClN2O2. The topological polar surface area (TPSA) is 44.1 Å². The van der Waals surface area contributed by atoms with Crippen molar-refractivity contribution in [2.24, 2.45) is 0 Å². The number of hydrogen-bond donors (Lipinski definition) is 0. The molecule has 5 heteroatoms. The largest absolute Gasteiger partial charge is 0.465 e. The van der Waals surface area contributed by atoms with E-state index in [-0.39, 0.29) is 5.97 Å². The maximum Gasteiger partial charge on any atom is 0.337 e. The Hall–Kier alpha value is -3.11. The minimum Gasteiger partial charge on any atom is -0.465 e. The monoisotopic (exact) mass is 376 g/mol. The number of carbonyl (C=O) groups is 1. The van der Waals surface area contributed by atoms with Crippen molar-refractivity contribution in [1.29, 1.82) is 0 Å². The molecule has 0 aliphatic heterocycles. The van der Waals surface area contributed by atoms with Gasteiger partial charge in [-0.15, -0.1) is 0 Å². The molecule has 1 aromatic heterocycles. The van der Waals surface area contributed by atoms with E-state index in [9.17, 15) is 4.79 Å². The molecule has 0 saturated heterocycles. The number of aromatic nitrogens is 2. The predicted octanol–water partition coefficient (Wildman–Crippen LogP) is 5.19.